The van der Waals surface area contributed by atoms with Crippen LogP contribution in [0.5, 0.6) is 5.75 Å². The molecule has 4 heteroatoms. The highest BCUT2D eigenvalue weighted by atomic mass is 19.1. The number of ketones is 1. The third kappa shape index (κ3) is 3.60. The zero-order chi connectivity index (χ0) is 15.2. The molecule has 2 rings (SSSR count). The van der Waals surface area contributed by atoms with Crippen molar-refractivity contribution in [2.45, 2.75) is 20.4 Å². The summed E-state index contributed by atoms with van der Waals surface area (Å²) in [5.41, 5.74) is 1.54. The van der Waals surface area contributed by atoms with Crippen molar-refractivity contribution < 1.29 is 13.9 Å². The van der Waals surface area contributed by atoms with Gasteiger partial charge in [-0.2, -0.15) is 0 Å². The summed E-state index contributed by atoms with van der Waals surface area (Å²) < 4.78 is 19.3. The van der Waals surface area contributed by atoms with Crippen molar-refractivity contribution in [1.29, 1.82) is 0 Å². The first-order valence-electron chi connectivity index (χ1n) is 6.87. The number of hydrogen-bond acceptors (Lipinski definition) is 3. The zero-order valence-electron chi connectivity index (χ0n) is 12.2. The Morgan fingerprint density at radius 1 is 1.19 bits per heavy atom. The van der Waals surface area contributed by atoms with E-state index in [0.717, 1.165) is 11.3 Å². The van der Waals surface area contributed by atoms with E-state index in [2.05, 4.69) is 5.32 Å². The standard InChI is InChI=1S/C17H18FNO2/c1-3-21-16-10-5-4-7-13(16)11-19-15-9-6-8-14(18)17(15)12(2)20/h4-10,19H,3,11H2,1-2H3. The fourth-order valence-electron chi connectivity index (χ4n) is 2.17. The Morgan fingerprint density at radius 3 is 2.67 bits per heavy atom. The number of nitrogens with one attached hydrogen (secondary N) is 1. The van der Waals surface area contributed by atoms with Crippen LogP contribution in [0, 0.1) is 5.82 Å². The van der Waals surface area contributed by atoms with Crippen molar-refractivity contribution in [1.82, 2.24) is 0 Å². The van der Waals surface area contributed by atoms with Crippen LogP contribution < -0.4 is 10.1 Å². The summed E-state index contributed by atoms with van der Waals surface area (Å²) in [5, 5.41) is 3.11. The lowest BCUT2D eigenvalue weighted by Crippen LogP contribution is -2.08. The third-order valence-corrected chi connectivity index (χ3v) is 3.11. The van der Waals surface area contributed by atoms with E-state index < -0.39 is 5.82 Å². The molecule has 2 aromatic rings. The van der Waals surface area contributed by atoms with E-state index in [9.17, 15) is 9.18 Å². The molecular formula is C17H18FNO2. The van der Waals surface area contributed by atoms with Gasteiger partial charge in [-0.05, 0) is 32.0 Å². The molecule has 0 fully saturated rings. The van der Waals surface area contributed by atoms with Gasteiger partial charge in [0.1, 0.15) is 11.6 Å². The van der Waals surface area contributed by atoms with E-state index in [1.807, 2.05) is 31.2 Å². The van der Waals surface area contributed by atoms with Crippen LogP contribution >= 0.6 is 0 Å². The molecule has 0 spiro atoms. The van der Waals surface area contributed by atoms with Crippen molar-refractivity contribution in [3.05, 3.63) is 59.4 Å². The van der Waals surface area contributed by atoms with Gasteiger partial charge in [-0.3, -0.25) is 4.79 Å². The molecular weight excluding hydrogens is 269 g/mol. The van der Waals surface area contributed by atoms with Gasteiger partial charge < -0.3 is 10.1 Å². The van der Waals surface area contributed by atoms with Gasteiger partial charge >= 0.3 is 0 Å². The Morgan fingerprint density at radius 2 is 1.95 bits per heavy atom. The summed E-state index contributed by atoms with van der Waals surface area (Å²) in [7, 11) is 0. The molecule has 21 heavy (non-hydrogen) atoms. The van der Waals surface area contributed by atoms with E-state index in [-0.39, 0.29) is 11.3 Å². The molecule has 0 aliphatic carbocycles. The number of rotatable bonds is 6. The Kier molecular flexibility index (Phi) is 4.93. The maximum absolute atomic E-state index is 13.7. The first-order valence-corrected chi connectivity index (χ1v) is 6.87. The summed E-state index contributed by atoms with van der Waals surface area (Å²) in [6, 6.07) is 12.2. The van der Waals surface area contributed by atoms with Gasteiger partial charge in [0.2, 0.25) is 0 Å². The highest BCUT2D eigenvalue weighted by molar-refractivity contribution is 5.99. The van der Waals surface area contributed by atoms with Crippen LogP contribution in [0.1, 0.15) is 29.8 Å². The summed E-state index contributed by atoms with van der Waals surface area (Å²) in [6.07, 6.45) is 0. The Hall–Kier alpha value is -2.36. The molecule has 2 aromatic carbocycles. The van der Waals surface area contributed by atoms with Gasteiger partial charge in [0.25, 0.3) is 0 Å². The molecule has 0 bridgehead atoms. The van der Waals surface area contributed by atoms with Crippen LogP contribution in [-0.2, 0) is 6.54 Å². The molecule has 0 saturated carbocycles. The van der Waals surface area contributed by atoms with Crippen LogP contribution in [0.25, 0.3) is 0 Å². The van der Waals surface area contributed by atoms with Crippen molar-refractivity contribution in [3.63, 3.8) is 0 Å². The minimum absolute atomic E-state index is 0.0893. The lowest BCUT2D eigenvalue weighted by Gasteiger charge is -2.13. The molecule has 0 unspecified atom stereocenters. The van der Waals surface area contributed by atoms with Crippen LogP contribution in [0.15, 0.2) is 42.5 Å². The average Bonchev–Trinajstić information content (AvgIpc) is 2.46. The maximum Gasteiger partial charge on any atom is 0.164 e. The number of halogens is 1. The topological polar surface area (TPSA) is 38.3 Å². The normalized spacial score (nSPS) is 10.2. The number of para-hydroxylation sites is 1. The van der Waals surface area contributed by atoms with Gasteiger partial charge in [-0.15, -0.1) is 0 Å². The van der Waals surface area contributed by atoms with Gasteiger partial charge in [-0.25, -0.2) is 4.39 Å². The predicted octanol–water partition coefficient (Wildman–Crippen LogP) is 4.04. The minimum atomic E-state index is -0.509. The van der Waals surface area contributed by atoms with Crippen molar-refractivity contribution in [3.8, 4) is 5.75 Å². The largest absolute Gasteiger partial charge is 0.494 e. The highest BCUT2D eigenvalue weighted by Gasteiger charge is 2.13. The first kappa shape index (κ1) is 15.0. The van der Waals surface area contributed by atoms with E-state index in [0.29, 0.717) is 18.8 Å². The van der Waals surface area contributed by atoms with Gasteiger partial charge in [0, 0.05) is 17.8 Å². The molecule has 0 radical (unpaired) electrons. The van der Waals surface area contributed by atoms with E-state index in [4.69, 9.17) is 4.74 Å². The Labute approximate surface area is 123 Å². The second kappa shape index (κ2) is 6.88. The Bertz CT molecular complexity index is 640. The smallest absolute Gasteiger partial charge is 0.164 e. The molecule has 0 amide bonds. The Balaban J connectivity index is 2.21. The predicted molar refractivity (Wildman–Crippen MR) is 81.3 cm³/mol. The number of Topliss-reactive ketones (excluding diaryl/α,β-unsaturated/α-hetero) is 1. The fourth-order valence-corrected chi connectivity index (χ4v) is 2.17. The number of benzene rings is 2. The molecule has 110 valence electrons. The number of ether oxygens (including phenoxy) is 1. The molecule has 0 aliphatic rings. The number of carbonyl (C=O) groups is 1. The monoisotopic (exact) mass is 287 g/mol. The van der Waals surface area contributed by atoms with Crippen molar-refractivity contribution in [2.75, 3.05) is 11.9 Å². The summed E-state index contributed by atoms with van der Waals surface area (Å²) >= 11 is 0. The third-order valence-electron chi connectivity index (χ3n) is 3.11. The average molecular weight is 287 g/mol. The van der Waals surface area contributed by atoms with E-state index in [1.54, 1.807) is 12.1 Å². The van der Waals surface area contributed by atoms with Crippen LogP contribution in [0.2, 0.25) is 0 Å². The quantitative estimate of drug-likeness (QED) is 0.815. The van der Waals surface area contributed by atoms with Crippen molar-refractivity contribution in [2.24, 2.45) is 0 Å². The van der Waals surface area contributed by atoms with Crippen LogP contribution in [-0.4, -0.2) is 12.4 Å². The summed E-state index contributed by atoms with van der Waals surface area (Å²) in [5.74, 6) is -0.0208. The van der Waals surface area contributed by atoms with Gasteiger partial charge in [-0.1, -0.05) is 24.3 Å². The van der Waals surface area contributed by atoms with E-state index in [1.165, 1.54) is 13.0 Å². The van der Waals surface area contributed by atoms with Crippen molar-refractivity contribution >= 4 is 11.5 Å². The maximum atomic E-state index is 13.7. The lowest BCUT2D eigenvalue weighted by molar-refractivity contribution is 0.101. The summed E-state index contributed by atoms with van der Waals surface area (Å²) in [6.45, 7) is 4.32. The SMILES string of the molecule is CCOc1ccccc1CNc1cccc(F)c1C(C)=O. The molecule has 0 atom stereocenters. The molecule has 0 aliphatic heterocycles. The van der Waals surface area contributed by atoms with E-state index >= 15 is 0 Å². The lowest BCUT2D eigenvalue weighted by atomic mass is 10.1. The zero-order valence-corrected chi connectivity index (χ0v) is 12.2. The fraction of sp³-hybridized carbons (Fsp3) is 0.235. The highest BCUT2D eigenvalue weighted by Crippen LogP contribution is 2.23. The molecule has 0 saturated heterocycles. The minimum Gasteiger partial charge on any atom is -0.494 e. The molecule has 0 heterocycles. The van der Waals surface area contributed by atoms with Gasteiger partial charge in [0.05, 0.1) is 12.2 Å². The second-order valence-electron chi connectivity index (χ2n) is 4.61. The molecule has 0 aromatic heterocycles. The molecule has 3 nitrogen and oxygen atoms in total. The van der Waals surface area contributed by atoms with Gasteiger partial charge in [0.15, 0.2) is 5.78 Å². The first-order chi connectivity index (χ1) is 10.1. The number of anilines is 1. The second-order valence-corrected chi connectivity index (χ2v) is 4.61. The molecule has 1 N–H and O–H groups in total. The summed E-state index contributed by atoms with van der Waals surface area (Å²) in [4.78, 5) is 11.6. The van der Waals surface area contributed by atoms with Crippen LogP contribution in [0.3, 0.4) is 0 Å². The van der Waals surface area contributed by atoms with Crippen LogP contribution in [0.4, 0.5) is 10.1 Å². The number of carbonyl (C=O) groups excluding carboxylic acids is 1. The number of hydrogen-bond donors (Lipinski definition) is 1.